The number of hydrazone groups is 1. The van der Waals surface area contributed by atoms with Crippen molar-refractivity contribution in [2.45, 2.75) is 12.2 Å². The molecule has 1 fully saturated rings. The van der Waals surface area contributed by atoms with Gasteiger partial charge in [-0.2, -0.15) is 27.1 Å². The molecule has 0 atom stereocenters. The van der Waals surface area contributed by atoms with Crippen LogP contribution < -0.4 is 10.3 Å². The normalized spacial score (nSPS) is 16.8. The van der Waals surface area contributed by atoms with Crippen LogP contribution in [0.2, 0.25) is 0 Å². The number of nitriles is 1. The quantitative estimate of drug-likeness (QED) is 0.644. The molecule has 0 aliphatic carbocycles. The summed E-state index contributed by atoms with van der Waals surface area (Å²) < 4.78 is 5.48. The van der Waals surface area contributed by atoms with Crippen molar-refractivity contribution in [3.8, 4) is 6.07 Å². The third-order valence-corrected chi connectivity index (χ3v) is 5.51. The number of benzene rings is 1. The zero-order valence-electron chi connectivity index (χ0n) is 14.9. The van der Waals surface area contributed by atoms with Crippen LogP contribution in [0.5, 0.6) is 0 Å². The van der Waals surface area contributed by atoms with Crippen LogP contribution in [-0.2, 0) is 16.9 Å². The molecule has 4 rings (SSSR count). The Morgan fingerprint density at radius 3 is 2.81 bits per heavy atom. The molecule has 0 bridgehead atoms. The predicted molar refractivity (Wildman–Crippen MR) is 107 cm³/mol. The van der Waals surface area contributed by atoms with Gasteiger partial charge in [-0.3, -0.25) is 0 Å². The van der Waals surface area contributed by atoms with Gasteiger partial charge in [0.05, 0.1) is 36.8 Å². The first kappa shape index (κ1) is 17.8. The zero-order chi connectivity index (χ0) is 18.5. The second kappa shape index (κ2) is 8.37. The highest BCUT2D eigenvalue weighted by atomic mass is 32.2. The van der Waals surface area contributed by atoms with Gasteiger partial charge in [-0.1, -0.05) is 12.1 Å². The number of thioether (sulfide) groups is 1. The van der Waals surface area contributed by atoms with Gasteiger partial charge in [-0.25, -0.2) is 10.4 Å². The van der Waals surface area contributed by atoms with Crippen LogP contribution in [-0.4, -0.2) is 48.2 Å². The summed E-state index contributed by atoms with van der Waals surface area (Å²) in [4.78, 5) is 11.7. The minimum atomic E-state index is 0.520. The average Bonchev–Trinajstić information content (AvgIpc) is 2.74. The summed E-state index contributed by atoms with van der Waals surface area (Å²) in [5.74, 6) is 3.57. The number of aromatic nitrogens is 2. The Balaban J connectivity index is 1.55. The van der Waals surface area contributed by atoms with Gasteiger partial charge in [0.2, 0.25) is 5.95 Å². The van der Waals surface area contributed by atoms with Crippen LogP contribution in [0.25, 0.3) is 0 Å². The van der Waals surface area contributed by atoms with E-state index in [2.05, 4.69) is 26.5 Å². The fraction of sp³-hybridized carbons (Fsp3) is 0.368. The Morgan fingerprint density at radius 1 is 1.22 bits per heavy atom. The second-order valence-electron chi connectivity index (χ2n) is 6.30. The number of aryl methyl sites for hydroxylation is 1. The summed E-state index contributed by atoms with van der Waals surface area (Å²) in [5, 5.41) is 13.1. The molecule has 8 heteroatoms. The molecule has 1 aromatic heterocycles. The van der Waals surface area contributed by atoms with Crippen molar-refractivity contribution < 1.29 is 4.74 Å². The smallest absolute Gasteiger partial charge is 0.245 e. The lowest BCUT2D eigenvalue weighted by atomic mass is 10.1. The molecule has 2 aromatic rings. The number of hydrogen-bond donors (Lipinski definition) is 1. The minimum Gasteiger partial charge on any atom is -0.378 e. The van der Waals surface area contributed by atoms with Crippen molar-refractivity contribution in [1.82, 2.24) is 9.97 Å². The van der Waals surface area contributed by atoms with Crippen molar-refractivity contribution in [3.05, 3.63) is 46.6 Å². The molecular formula is C19H20N6OS. The number of morpholine rings is 1. The Kier molecular flexibility index (Phi) is 5.51. The highest BCUT2D eigenvalue weighted by Gasteiger charge is 2.23. The number of hydrogen-bond acceptors (Lipinski definition) is 8. The van der Waals surface area contributed by atoms with Crippen molar-refractivity contribution in [2.75, 3.05) is 42.4 Å². The molecule has 2 aliphatic rings. The zero-order valence-corrected chi connectivity index (χ0v) is 15.7. The van der Waals surface area contributed by atoms with E-state index in [4.69, 9.17) is 15.0 Å². The summed E-state index contributed by atoms with van der Waals surface area (Å²) in [6.45, 7) is 3.15. The molecule has 1 saturated heterocycles. The maximum Gasteiger partial charge on any atom is 0.245 e. The van der Waals surface area contributed by atoms with E-state index in [1.165, 1.54) is 5.56 Å². The summed E-state index contributed by atoms with van der Waals surface area (Å²) in [5.41, 5.74) is 6.86. The van der Waals surface area contributed by atoms with Gasteiger partial charge >= 0.3 is 0 Å². The van der Waals surface area contributed by atoms with Crippen LogP contribution in [0.3, 0.4) is 0 Å². The number of ether oxygens (including phenoxy) is 1. The van der Waals surface area contributed by atoms with Gasteiger partial charge in [-0.15, -0.1) is 0 Å². The lowest BCUT2D eigenvalue weighted by molar-refractivity contribution is 0.122. The van der Waals surface area contributed by atoms with Gasteiger partial charge in [0.1, 0.15) is 5.82 Å². The summed E-state index contributed by atoms with van der Waals surface area (Å²) >= 11 is 1.93. The summed E-state index contributed by atoms with van der Waals surface area (Å²) in [6, 6.07) is 9.35. The highest BCUT2D eigenvalue weighted by molar-refractivity contribution is 7.98. The first-order valence-corrected chi connectivity index (χ1v) is 10.1. The van der Waals surface area contributed by atoms with Gasteiger partial charge in [0, 0.05) is 24.4 Å². The predicted octanol–water partition coefficient (Wildman–Crippen LogP) is 2.42. The third kappa shape index (κ3) is 4.21. The molecule has 0 saturated carbocycles. The van der Waals surface area contributed by atoms with Crippen molar-refractivity contribution in [2.24, 2.45) is 5.10 Å². The second-order valence-corrected chi connectivity index (χ2v) is 7.41. The van der Waals surface area contributed by atoms with Crippen LogP contribution in [0.1, 0.15) is 22.4 Å². The maximum atomic E-state index is 8.86. The average molecular weight is 380 g/mol. The Bertz CT molecular complexity index is 871. The van der Waals surface area contributed by atoms with E-state index in [1.807, 2.05) is 23.9 Å². The van der Waals surface area contributed by atoms with E-state index < -0.39 is 0 Å². The van der Waals surface area contributed by atoms with E-state index in [0.717, 1.165) is 61.3 Å². The lowest BCUT2D eigenvalue weighted by Crippen LogP contribution is -2.38. The van der Waals surface area contributed by atoms with Gasteiger partial charge in [0.15, 0.2) is 0 Å². The molecular weight excluding hydrogens is 360 g/mol. The largest absolute Gasteiger partial charge is 0.378 e. The van der Waals surface area contributed by atoms with Crippen molar-refractivity contribution >= 4 is 29.7 Å². The molecule has 3 heterocycles. The molecule has 27 heavy (non-hydrogen) atoms. The SMILES string of the molecule is N#Cc1ccc(/C=N/Nc2nc3c(c(N4CCOCC4)n2)CSCC3)cc1. The Morgan fingerprint density at radius 2 is 2.04 bits per heavy atom. The molecule has 1 N–H and O–H groups in total. The number of fused-ring (bicyclic) bond motifs is 1. The van der Waals surface area contributed by atoms with Gasteiger partial charge in [0.25, 0.3) is 0 Å². The van der Waals surface area contributed by atoms with Crippen LogP contribution in [0.4, 0.5) is 11.8 Å². The third-order valence-electron chi connectivity index (χ3n) is 4.53. The number of rotatable bonds is 4. The van der Waals surface area contributed by atoms with E-state index in [0.29, 0.717) is 11.5 Å². The van der Waals surface area contributed by atoms with Crippen LogP contribution in [0.15, 0.2) is 29.4 Å². The fourth-order valence-corrected chi connectivity index (χ4v) is 4.09. The molecule has 7 nitrogen and oxygen atoms in total. The minimum absolute atomic E-state index is 0.520. The highest BCUT2D eigenvalue weighted by Crippen LogP contribution is 2.31. The molecule has 0 amide bonds. The van der Waals surface area contributed by atoms with E-state index in [1.54, 1.807) is 18.3 Å². The van der Waals surface area contributed by atoms with E-state index >= 15 is 0 Å². The number of nitrogens with one attached hydrogen (secondary N) is 1. The monoisotopic (exact) mass is 380 g/mol. The number of anilines is 2. The molecule has 2 aliphatic heterocycles. The van der Waals surface area contributed by atoms with Crippen molar-refractivity contribution in [1.29, 1.82) is 5.26 Å². The van der Waals surface area contributed by atoms with E-state index in [9.17, 15) is 0 Å². The number of nitrogens with zero attached hydrogens (tertiary/aromatic N) is 5. The lowest BCUT2D eigenvalue weighted by Gasteiger charge is -2.31. The van der Waals surface area contributed by atoms with E-state index in [-0.39, 0.29) is 0 Å². The molecule has 1 aromatic carbocycles. The summed E-state index contributed by atoms with van der Waals surface area (Å²) in [7, 11) is 0. The summed E-state index contributed by atoms with van der Waals surface area (Å²) in [6.07, 6.45) is 2.65. The maximum absolute atomic E-state index is 8.86. The molecule has 0 radical (unpaired) electrons. The first-order valence-electron chi connectivity index (χ1n) is 8.93. The first-order chi connectivity index (χ1) is 13.3. The topological polar surface area (TPSA) is 86.4 Å². The Labute approximate surface area is 162 Å². The van der Waals surface area contributed by atoms with Gasteiger partial charge < -0.3 is 9.64 Å². The standard InChI is InChI=1S/C19H20N6OS/c20-11-14-1-3-15(4-2-14)12-21-24-19-22-17-5-10-27-13-16(17)18(23-19)25-6-8-26-9-7-25/h1-4,12H,5-10,13H2,(H,22,23,24)/b21-12+. The Hall–Kier alpha value is -2.63. The van der Waals surface area contributed by atoms with Crippen LogP contribution >= 0.6 is 11.8 Å². The fourth-order valence-electron chi connectivity index (χ4n) is 3.11. The molecule has 0 spiro atoms. The molecule has 138 valence electrons. The van der Waals surface area contributed by atoms with Gasteiger partial charge in [-0.05, 0) is 29.9 Å². The van der Waals surface area contributed by atoms with Crippen LogP contribution in [0, 0.1) is 11.3 Å². The molecule has 0 unspecified atom stereocenters. The van der Waals surface area contributed by atoms with Crippen molar-refractivity contribution in [3.63, 3.8) is 0 Å².